The highest BCUT2D eigenvalue weighted by Gasteiger charge is 2.24. The van der Waals surface area contributed by atoms with Gasteiger partial charge in [0.05, 0.1) is 22.4 Å². The van der Waals surface area contributed by atoms with E-state index >= 15 is 0 Å². The predicted octanol–water partition coefficient (Wildman–Crippen LogP) is 4.77. The molecular weight excluding hydrogens is 346 g/mol. The first-order valence-corrected chi connectivity index (χ1v) is 9.40. The fourth-order valence-corrected chi connectivity index (χ4v) is 4.14. The molecule has 0 spiro atoms. The monoisotopic (exact) mass is 369 g/mol. The van der Waals surface area contributed by atoms with E-state index in [1.807, 2.05) is 17.5 Å². The van der Waals surface area contributed by atoms with Crippen molar-refractivity contribution in [3.05, 3.63) is 38.3 Å². The van der Waals surface area contributed by atoms with Crippen molar-refractivity contribution in [2.45, 2.75) is 52.6 Å². The van der Waals surface area contributed by atoms with E-state index in [0.29, 0.717) is 0 Å². The number of aromatic nitrogens is 2. The Hall–Kier alpha value is -0.650. The van der Waals surface area contributed by atoms with E-state index in [1.165, 1.54) is 16.1 Å². The quantitative estimate of drug-likeness (QED) is 0.726. The molecule has 5 heteroatoms. The van der Waals surface area contributed by atoms with Gasteiger partial charge in [-0.1, -0.05) is 20.8 Å². The summed E-state index contributed by atoms with van der Waals surface area (Å²) in [6.45, 7) is 8.59. The SMILES string of the molecule is CCCNC(c1sccc1CC)c1c(Br)cnn1CCC. The van der Waals surface area contributed by atoms with Crippen molar-refractivity contribution in [2.75, 3.05) is 6.54 Å². The third kappa shape index (κ3) is 3.76. The molecule has 0 saturated heterocycles. The first kappa shape index (κ1) is 16.7. The number of hydrogen-bond acceptors (Lipinski definition) is 3. The first-order chi connectivity index (χ1) is 10.2. The molecular formula is C16H24BrN3S. The second-order valence-corrected chi connectivity index (χ2v) is 6.95. The van der Waals surface area contributed by atoms with E-state index in [2.05, 4.69) is 63.2 Å². The van der Waals surface area contributed by atoms with Crippen LogP contribution in [0, 0.1) is 0 Å². The summed E-state index contributed by atoms with van der Waals surface area (Å²) in [6.07, 6.45) is 5.21. The molecule has 0 aliphatic carbocycles. The Balaban J connectivity index is 2.43. The average Bonchev–Trinajstić information content (AvgIpc) is 3.09. The molecule has 2 aromatic rings. The summed E-state index contributed by atoms with van der Waals surface area (Å²) < 4.78 is 3.23. The van der Waals surface area contributed by atoms with Crippen LogP contribution in [0.3, 0.4) is 0 Å². The van der Waals surface area contributed by atoms with Gasteiger partial charge in [-0.15, -0.1) is 11.3 Å². The van der Waals surface area contributed by atoms with Gasteiger partial charge in [0.1, 0.15) is 0 Å². The van der Waals surface area contributed by atoms with Crippen LogP contribution in [-0.4, -0.2) is 16.3 Å². The van der Waals surface area contributed by atoms with Gasteiger partial charge in [0.25, 0.3) is 0 Å². The zero-order valence-electron chi connectivity index (χ0n) is 13.0. The minimum Gasteiger partial charge on any atom is -0.304 e. The Labute approximate surface area is 139 Å². The predicted molar refractivity (Wildman–Crippen MR) is 94.1 cm³/mol. The summed E-state index contributed by atoms with van der Waals surface area (Å²) >= 11 is 5.53. The minimum atomic E-state index is 0.225. The molecule has 3 nitrogen and oxygen atoms in total. The number of aryl methyl sites for hydroxylation is 2. The fraction of sp³-hybridized carbons (Fsp3) is 0.562. The van der Waals surface area contributed by atoms with E-state index in [-0.39, 0.29) is 6.04 Å². The highest BCUT2D eigenvalue weighted by atomic mass is 79.9. The molecule has 0 radical (unpaired) electrons. The van der Waals surface area contributed by atoms with Crippen LogP contribution in [0.4, 0.5) is 0 Å². The molecule has 2 heterocycles. The van der Waals surface area contributed by atoms with Crippen LogP contribution in [-0.2, 0) is 13.0 Å². The van der Waals surface area contributed by atoms with Gasteiger partial charge >= 0.3 is 0 Å². The topological polar surface area (TPSA) is 29.9 Å². The maximum Gasteiger partial charge on any atom is 0.0856 e. The van der Waals surface area contributed by atoms with Crippen LogP contribution < -0.4 is 5.32 Å². The van der Waals surface area contributed by atoms with Gasteiger partial charge in [0.15, 0.2) is 0 Å². The van der Waals surface area contributed by atoms with Crippen molar-refractivity contribution in [1.82, 2.24) is 15.1 Å². The lowest BCUT2D eigenvalue weighted by Gasteiger charge is -2.21. The maximum atomic E-state index is 4.53. The number of halogens is 1. The summed E-state index contributed by atoms with van der Waals surface area (Å²) in [7, 11) is 0. The molecule has 0 aliphatic heterocycles. The molecule has 0 fully saturated rings. The summed E-state index contributed by atoms with van der Waals surface area (Å²) in [6, 6.07) is 2.47. The van der Waals surface area contributed by atoms with Crippen molar-refractivity contribution in [2.24, 2.45) is 0 Å². The van der Waals surface area contributed by atoms with Crippen LogP contribution in [0.25, 0.3) is 0 Å². The lowest BCUT2D eigenvalue weighted by Crippen LogP contribution is -2.26. The third-order valence-electron chi connectivity index (χ3n) is 3.56. The molecule has 1 N–H and O–H groups in total. The van der Waals surface area contributed by atoms with Crippen LogP contribution in [0.5, 0.6) is 0 Å². The zero-order valence-corrected chi connectivity index (χ0v) is 15.4. The molecule has 0 saturated carbocycles. The van der Waals surface area contributed by atoms with Gasteiger partial charge in [-0.05, 0) is 58.7 Å². The van der Waals surface area contributed by atoms with Crippen molar-refractivity contribution >= 4 is 27.3 Å². The standard InChI is InChI=1S/C16H24BrN3S/c1-4-8-18-14(16-12(6-3)7-10-21-16)15-13(17)11-19-20(15)9-5-2/h7,10-11,14,18H,4-6,8-9H2,1-3H3. The van der Waals surface area contributed by atoms with E-state index in [1.54, 1.807) is 0 Å². The minimum absolute atomic E-state index is 0.225. The molecule has 0 bridgehead atoms. The van der Waals surface area contributed by atoms with Crippen LogP contribution in [0.1, 0.15) is 55.8 Å². The summed E-state index contributed by atoms with van der Waals surface area (Å²) in [5.41, 5.74) is 2.69. The van der Waals surface area contributed by atoms with E-state index in [0.717, 1.165) is 36.8 Å². The first-order valence-electron chi connectivity index (χ1n) is 7.73. The Morgan fingerprint density at radius 1 is 1.33 bits per heavy atom. The maximum absolute atomic E-state index is 4.53. The van der Waals surface area contributed by atoms with Crippen LogP contribution in [0.2, 0.25) is 0 Å². The second kappa shape index (κ2) is 8.11. The molecule has 0 aromatic carbocycles. The Kier molecular flexibility index (Phi) is 6.45. The number of nitrogens with one attached hydrogen (secondary N) is 1. The molecule has 0 amide bonds. The summed E-state index contributed by atoms with van der Waals surface area (Å²) in [5, 5.41) is 10.4. The lowest BCUT2D eigenvalue weighted by molar-refractivity contribution is 0.512. The highest BCUT2D eigenvalue weighted by molar-refractivity contribution is 9.10. The molecule has 116 valence electrons. The fourth-order valence-electron chi connectivity index (χ4n) is 2.54. The third-order valence-corrected chi connectivity index (χ3v) is 5.20. The van der Waals surface area contributed by atoms with Crippen molar-refractivity contribution in [1.29, 1.82) is 0 Å². The molecule has 21 heavy (non-hydrogen) atoms. The van der Waals surface area contributed by atoms with Gasteiger partial charge in [-0.25, -0.2) is 0 Å². The number of thiophene rings is 1. The van der Waals surface area contributed by atoms with Gasteiger partial charge in [0, 0.05) is 11.4 Å². The van der Waals surface area contributed by atoms with Gasteiger partial charge in [-0.2, -0.15) is 5.10 Å². The summed E-state index contributed by atoms with van der Waals surface area (Å²) in [4.78, 5) is 1.42. The molecule has 0 aliphatic rings. The number of rotatable bonds is 8. The van der Waals surface area contributed by atoms with Crippen LogP contribution in [0.15, 0.2) is 22.1 Å². The van der Waals surface area contributed by atoms with Crippen molar-refractivity contribution in [3.8, 4) is 0 Å². The number of nitrogens with zero attached hydrogens (tertiary/aromatic N) is 2. The normalized spacial score (nSPS) is 12.8. The van der Waals surface area contributed by atoms with E-state index < -0.39 is 0 Å². The molecule has 2 rings (SSSR count). The largest absolute Gasteiger partial charge is 0.304 e. The zero-order chi connectivity index (χ0) is 15.2. The second-order valence-electron chi connectivity index (χ2n) is 5.15. The van der Waals surface area contributed by atoms with Crippen molar-refractivity contribution in [3.63, 3.8) is 0 Å². The van der Waals surface area contributed by atoms with Crippen molar-refractivity contribution < 1.29 is 0 Å². The smallest absolute Gasteiger partial charge is 0.0856 e. The summed E-state index contributed by atoms with van der Waals surface area (Å²) in [5.74, 6) is 0. The Morgan fingerprint density at radius 2 is 2.14 bits per heavy atom. The van der Waals surface area contributed by atoms with E-state index in [4.69, 9.17) is 0 Å². The van der Waals surface area contributed by atoms with Gasteiger partial charge in [-0.3, -0.25) is 4.68 Å². The van der Waals surface area contributed by atoms with Crippen LogP contribution >= 0.6 is 27.3 Å². The average molecular weight is 370 g/mol. The lowest BCUT2D eigenvalue weighted by atomic mass is 10.1. The van der Waals surface area contributed by atoms with Gasteiger partial charge in [0.2, 0.25) is 0 Å². The van der Waals surface area contributed by atoms with Gasteiger partial charge < -0.3 is 5.32 Å². The molecule has 2 aromatic heterocycles. The Bertz CT molecular complexity index is 562. The Morgan fingerprint density at radius 3 is 2.81 bits per heavy atom. The van der Waals surface area contributed by atoms with E-state index in [9.17, 15) is 0 Å². The molecule has 1 atom stereocenters. The molecule has 1 unspecified atom stereocenters. The number of hydrogen-bond donors (Lipinski definition) is 1. The highest BCUT2D eigenvalue weighted by Crippen LogP contribution is 2.34.